The summed E-state index contributed by atoms with van der Waals surface area (Å²) in [5.74, 6) is 5.09. The lowest BCUT2D eigenvalue weighted by atomic mass is 10.1. The van der Waals surface area contributed by atoms with Gasteiger partial charge in [-0.05, 0) is 19.1 Å². The number of hydrogen-bond donors (Lipinski definition) is 1. The first-order chi connectivity index (χ1) is 9.11. The van der Waals surface area contributed by atoms with E-state index in [0.717, 1.165) is 17.0 Å². The molecule has 0 radical (unpaired) electrons. The Kier molecular flexibility index (Phi) is 4.15. The molecule has 0 bridgehead atoms. The molecule has 0 aliphatic rings. The van der Waals surface area contributed by atoms with E-state index in [-0.39, 0.29) is 23.8 Å². The molecule has 1 aromatic carbocycles. The third-order valence-corrected chi connectivity index (χ3v) is 3.57. The number of nitrogens with zero attached hydrogens (tertiary/aromatic N) is 1. The maximum atomic E-state index is 13.9. The van der Waals surface area contributed by atoms with Crippen LogP contribution >= 0.6 is 11.3 Å². The molecule has 5 heteroatoms. The maximum Gasteiger partial charge on any atom is 0.307 e. The summed E-state index contributed by atoms with van der Waals surface area (Å²) in [5, 5.41) is 1.77. The molecule has 0 unspecified atom stereocenters. The second-order valence-electron chi connectivity index (χ2n) is 4.04. The minimum absolute atomic E-state index is 0.0797. The Bertz CT molecular complexity index is 706. The molecule has 98 valence electrons. The van der Waals surface area contributed by atoms with E-state index in [9.17, 15) is 9.18 Å². The van der Waals surface area contributed by atoms with Crippen LogP contribution in [0.1, 0.15) is 16.8 Å². The van der Waals surface area contributed by atoms with Crippen molar-refractivity contribution in [2.75, 3.05) is 6.54 Å². The normalized spacial score (nSPS) is 10.1. The highest BCUT2D eigenvalue weighted by molar-refractivity contribution is 7.07. The van der Waals surface area contributed by atoms with Gasteiger partial charge in [-0.3, -0.25) is 9.36 Å². The van der Waals surface area contributed by atoms with Gasteiger partial charge in [-0.2, -0.15) is 0 Å². The SMILES string of the molecule is Cc1csc(=O)n1Cc1ccc(C#CCN)cc1F. The molecule has 0 saturated heterocycles. The number of benzene rings is 1. The summed E-state index contributed by atoms with van der Waals surface area (Å²) in [7, 11) is 0. The van der Waals surface area contributed by atoms with E-state index in [1.807, 2.05) is 6.92 Å². The lowest BCUT2D eigenvalue weighted by Crippen LogP contribution is -2.16. The highest BCUT2D eigenvalue weighted by Crippen LogP contribution is 2.12. The molecule has 2 rings (SSSR count). The minimum Gasteiger partial charge on any atom is -0.320 e. The van der Waals surface area contributed by atoms with Crippen LogP contribution in [0.3, 0.4) is 0 Å². The van der Waals surface area contributed by atoms with E-state index in [4.69, 9.17) is 5.73 Å². The quantitative estimate of drug-likeness (QED) is 0.849. The number of halogens is 1. The van der Waals surface area contributed by atoms with Gasteiger partial charge in [0.1, 0.15) is 5.82 Å². The predicted molar refractivity (Wildman–Crippen MR) is 74.8 cm³/mol. The van der Waals surface area contributed by atoms with Gasteiger partial charge in [0, 0.05) is 22.2 Å². The first-order valence-corrected chi connectivity index (χ1v) is 6.62. The van der Waals surface area contributed by atoms with Crippen molar-refractivity contribution < 1.29 is 4.39 Å². The van der Waals surface area contributed by atoms with Crippen LogP contribution in [0.2, 0.25) is 0 Å². The van der Waals surface area contributed by atoms with Crippen molar-refractivity contribution in [3.05, 3.63) is 55.9 Å². The van der Waals surface area contributed by atoms with Crippen molar-refractivity contribution in [3.63, 3.8) is 0 Å². The Morgan fingerprint density at radius 2 is 2.26 bits per heavy atom. The summed E-state index contributed by atoms with van der Waals surface area (Å²) in [6.07, 6.45) is 0. The van der Waals surface area contributed by atoms with E-state index in [0.29, 0.717) is 11.1 Å². The van der Waals surface area contributed by atoms with E-state index < -0.39 is 0 Å². The van der Waals surface area contributed by atoms with Crippen molar-refractivity contribution in [3.8, 4) is 11.8 Å². The van der Waals surface area contributed by atoms with Gasteiger partial charge in [-0.1, -0.05) is 29.2 Å². The first kappa shape index (κ1) is 13.5. The Hall–Kier alpha value is -1.90. The Morgan fingerprint density at radius 3 is 2.84 bits per heavy atom. The number of thiazole rings is 1. The Morgan fingerprint density at radius 1 is 1.47 bits per heavy atom. The molecular weight excluding hydrogens is 263 g/mol. The summed E-state index contributed by atoms with van der Waals surface area (Å²) in [5.41, 5.74) is 7.16. The van der Waals surface area contributed by atoms with Crippen molar-refractivity contribution in [1.82, 2.24) is 4.57 Å². The number of aromatic nitrogens is 1. The Labute approximate surface area is 114 Å². The fraction of sp³-hybridized carbons (Fsp3) is 0.214. The molecule has 0 saturated carbocycles. The molecule has 19 heavy (non-hydrogen) atoms. The van der Waals surface area contributed by atoms with Crippen LogP contribution in [0.5, 0.6) is 0 Å². The zero-order valence-corrected chi connectivity index (χ0v) is 11.3. The van der Waals surface area contributed by atoms with E-state index >= 15 is 0 Å². The van der Waals surface area contributed by atoms with E-state index in [1.54, 1.807) is 22.1 Å². The van der Waals surface area contributed by atoms with Crippen LogP contribution in [0.4, 0.5) is 4.39 Å². The second kappa shape index (κ2) is 5.83. The molecule has 0 amide bonds. The molecule has 0 atom stereocenters. The molecular formula is C14H13FN2OS. The van der Waals surface area contributed by atoms with Crippen LogP contribution in [0.25, 0.3) is 0 Å². The molecule has 0 aliphatic heterocycles. The average molecular weight is 276 g/mol. The highest BCUT2D eigenvalue weighted by Gasteiger charge is 2.07. The number of rotatable bonds is 2. The van der Waals surface area contributed by atoms with Gasteiger partial charge >= 0.3 is 4.87 Å². The Balaban J connectivity index is 2.30. The van der Waals surface area contributed by atoms with Crippen LogP contribution < -0.4 is 10.6 Å². The topological polar surface area (TPSA) is 48.0 Å². The van der Waals surface area contributed by atoms with Crippen molar-refractivity contribution in [2.45, 2.75) is 13.5 Å². The van der Waals surface area contributed by atoms with Gasteiger partial charge < -0.3 is 5.73 Å². The fourth-order valence-electron chi connectivity index (χ4n) is 1.67. The number of aryl methyl sites for hydroxylation is 1. The molecule has 0 aliphatic carbocycles. The summed E-state index contributed by atoms with van der Waals surface area (Å²) in [6, 6.07) is 4.75. The van der Waals surface area contributed by atoms with Crippen LogP contribution in [0.15, 0.2) is 28.4 Å². The van der Waals surface area contributed by atoms with Gasteiger partial charge in [0.05, 0.1) is 13.1 Å². The van der Waals surface area contributed by atoms with Gasteiger partial charge in [-0.25, -0.2) is 4.39 Å². The molecule has 1 heterocycles. The molecule has 3 nitrogen and oxygen atoms in total. The minimum atomic E-state index is -0.360. The number of hydrogen-bond acceptors (Lipinski definition) is 3. The summed E-state index contributed by atoms with van der Waals surface area (Å²) < 4.78 is 15.5. The largest absolute Gasteiger partial charge is 0.320 e. The van der Waals surface area contributed by atoms with E-state index in [1.165, 1.54) is 6.07 Å². The van der Waals surface area contributed by atoms with Gasteiger partial charge in [0.25, 0.3) is 0 Å². The van der Waals surface area contributed by atoms with Crippen molar-refractivity contribution in [1.29, 1.82) is 0 Å². The highest BCUT2D eigenvalue weighted by atomic mass is 32.1. The fourth-order valence-corrected chi connectivity index (χ4v) is 2.41. The standard InChI is InChI=1S/C14H13FN2OS/c1-10-9-19-14(18)17(10)8-12-5-4-11(3-2-6-16)7-13(12)15/h4-5,7,9H,6,8,16H2,1H3. The van der Waals surface area contributed by atoms with Crippen LogP contribution in [-0.2, 0) is 6.54 Å². The average Bonchev–Trinajstić information content (AvgIpc) is 2.70. The summed E-state index contributed by atoms with van der Waals surface area (Å²) in [6.45, 7) is 2.31. The smallest absolute Gasteiger partial charge is 0.307 e. The maximum absolute atomic E-state index is 13.9. The van der Waals surface area contributed by atoms with Crippen LogP contribution in [0, 0.1) is 24.6 Å². The molecule has 2 N–H and O–H groups in total. The summed E-state index contributed by atoms with van der Waals surface area (Å²) in [4.78, 5) is 11.5. The predicted octanol–water partition coefficient (Wildman–Crippen LogP) is 1.72. The third-order valence-electron chi connectivity index (χ3n) is 2.69. The zero-order valence-electron chi connectivity index (χ0n) is 10.4. The monoisotopic (exact) mass is 276 g/mol. The van der Waals surface area contributed by atoms with Gasteiger partial charge in [-0.15, -0.1) is 0 Å². The second-order valence-corrected chi connectivity index (χ2v) is 4.86. The van der Waals surface area contributed by atoms with Gasteiger partial charge in [0.15, 0.2) is 0 Å². The summed E-state index contributed by atoms with van der Waals surface area (Å²) >= 11 is 1.12. The van der Waals surface area contributed by atoms with Gasteiger partial charge in [0.2, 0.25) is 0 Å². The van der Waals surface area contributed by atoms with E-state index in [2.05, 4.69) is 11.8 Å². The third kappa shape index (κ3) is 3.11. The molecule has 2 aromatic rings. The number of nitrogens with two attached hydrogens (primary N) is 1. The first-order valence-electron chi connectivity index (χ1n) is 5.74. The molecule has 1 aromatic heterocycles. The lowest BCUT2D eigenvalue weighted by molar-refractivity contribution is 0.595. The van der Waals surface area contributed by atoms with Crippen molar-refractivity contribution >= 4 is 11.3 Å². The van der Waals surface area contributed by atoms with Crippen molar-refractivity contribution in [2.24, 2.45) is 5.73 Å². The van der Waals surface area contributed by atoms with Crippen LogP contribution in [-0.4, -0.2) is 11.1 Å². The zero-order chi connectivity index (χ0) is 13.8. The molecule has 0 spiro atoms. The molecule has 0 fully saturated rings. The lowest BCUT2D eigenvalue weighted by Gasteiger charge is -2.06.